The summed E-state index contributed by atoms with van der Waals surface area (Å²) in [5.41, 5.74) is 1.11. The van der Waals surface area contributed by atoms with E-state index in [2.05, 4.69) is 5.32 Å². The number of nitrogens with zero attached hydrogens (tertiary/aromatic N) is 1. The van der Waals surface area contributed by atoms with Crippen molar-refractivity contribution in [2.75, 3.05) is 20.2 Å². The molecule has 3 aromatic carbocycles. The Balaban J connectivity index is 1.90. The summed E-state index contributed by atoms with van der Waals surface area (Å²) in [5, 5.41) is 24.0. The molecule has 0 bridgehead atoms. The molecule has 3 N–H and O–H groups in total. The van der Waals surface area contributed by atoms with Crippen LogP contribution in [0.5, 0.6) is 11.5 Å². The van der Waals surface area contributed by atoms with E-state index in [4.69, 9.17) is 4.74 Å². The Labute approximate surface area is 224 Å². The van der Waals surface area contributed by atoms with Crippen LogP contribution in [0.1, 0.15) is 36.2 Å². The van der Waals surface area contributed by atoms with Crippen LogP contribution in [0.25, 0.3) is 0 Å². The van der Waals surface area contributed by atoms with Crippen LogP contribution < -0.4 is 10.1 Å². The lowest BCUT2D eigenvalue weighted by molar-refractivity contribution is 0.0773. The zero-order chi connectivity index (χ0) is 27.7. The average molecular weight is 541 g/mol. The molecule has 0 spiro atoms. The van der Waals surface area contributed by atoms with E-state index >= 15 is 0 Å². The molecule has 3 atom stereocenters. The van der Waals surface area contributed by atoms with Crippen molar-refractivity contribution in [3.8, 4) is 11.5 Å². The molecule has 1 amide bonds. The Hall–Kier alpha value is -3.40. The molecular weight excluding hydrogens is 504 g/mol. The number of aliphatic hydroxyl groups excluding tert-OH is 1. The summed E-state index contributed by atoms with van der Waals surface area (Å²) in [5.74, 6) is 0.0511. The Kier molecular flexibility index (Phi) is 10.3. The maximum Gasteiger partial charge on any atom is 0.251 e. The SMILES string of the molecule is CCC(C)CN(CC(O)C(Cc1ccccc1)NC(=O)c1cccc(O)c1)S(=O)(=O)c1ccc(OC)cc1. The van der Waals surface area contributed by atoms with Crippen LogP contribution in [0.15, 0.2) is 83.8 Å². The number of methoxy groups -OCH3 is 1. The lowest BCUT2D eigenvalue weighted by atomic mass is 10.00. The second-order valence-electron chi connectivity index (χ2n) is 9.40. The monoisotopic (exact) mass is 540 g/mol. The highest BCUT2D eigenvalue weighted by molar-refractivity contribution is 7.89. The molecule has 0 saturated carbocycles. The predicted octanol–water partition coefficient (Wildman–Crippen LogP) is 3.84. The number of sulfonamides is 1. The third-order valence-electron chi connectivity index (χ3n) is 6.49. The van der Waals surface area contributed by atoms with E-state index in [1.165, 1.54) is 35.7 Å². The number of nitrogens with one attached hydrogen (secondary N) is 1. The maximum atomic E-state index is 13.6. The van der Waals surface area contributed by atoms with E-state index in [1.807, 2.05) is 44.2 Å². The maximum absolute atomic E-state index is 13.6. The first-order chi connectivity index (χ1) is 18.1. The number of carbonyl (C=O) groups excluding carboxylic acids is 1. The van der Waals surface area contributed by atoms with Crippen LogP contribution in [0.2, 0.25) is 0 Å². The Morgan fingerprint density at radius 1 is 1.00 bits per heavy atom. The number of hydrogen-bond donors (Lipinski definition) is 3. The first-order valence-electron chi connectivity index (χ1n) is 12.6. The zero-order valence-electron chi connectivity index (χ0n) is 21.9. The lowest BCUT2D eigenvalue weighted by Gasteiger charge is -2.31. The van der Waals surface area contributed by atoms with Crippen molar-refractivity contribution >= 4 is 15.9 Å². The first kappa shape index (κ1) is 29.2. The molecule has 8 nitrogen and oxygen atoms in total. The first-order valence-corrected chi connectivity index (χ1v) is 14.0. The van der Waals surface area contributed by atoms with Crippen molar-refractivity contribution in [1.82, 2.24) is 9.62 Å². The molecule has 38 heavy (non-hydrogen) atoms. The zero-order valence-corrected chi connectivity index (χ0v) is 22.8. The summed E-state index contributed by atoms with van der Waals surface area (Å²) in [6, 6.07) is 20.6. The third kappa shape index (κ3) is 7.80. The van der Waals surface area contributed by atoms with Gasteiger partial charge in [-0.3, -0.25) is 4.79 Å². The molecule has 3 rings (SSSR count). The summed E-state index contributed by atoms with van der Waals surface area (Å²) in [7, 11) is -2.44. The van der Waals surface area contributed by atoms with Crippen molar-refractivity contribution < 1.29 is 28.2 Å². The highest BCUT2D eigenvalue weighted by atomic mass is 32.2. The van der Waals surface area contributed by atoms with Crippen molar-refractivity contribution in [3.63, 3.8) is 0 Å². The van der Waals surface area contributed by atoms with Crippen LogP contribution in [-0.2, 0) is 16.4 Å². The van der Waals surface area contributed by atoms with E-state index in [1.54, 1.807) is 24.3 Å². The van der Waals surface area contributed by atoms with Gasteiger partial charge in [-0.2, -0.15) is 4.31 Å². The molecule has 0 aliphatic carbocycles. The van der Waals surface area contributed by atoms with Crippen molar-refractivity contribution in [3.05, 3.63) is 90.0 Å². The highest BCUT2D eigenvalue weighted by Crippen LogP contribution is 2.22. The molecule has 0 heterocycles. The number of benzene rings is 3. The van der Waals surface area contributed by atoms with Gasteiger partial charge in [0, 0.05) is 18.7 Å². The highest BCUT2D eigenvalue weighted by Gasteiger charge is 2.32. The number of rotatable bonds is 13. The molecule has 9 heteroatoms. The molecule has 3 aromatic rings. The van der Waals surface area contributed by atoms with Gasteiger partial charge in [-0.05, 0) is 60.4 Å². The third-order valence-corrected chi connectivity index (χ3v) is 8.33. The van der Waals surface area contributed by atoms with E-state index in [0.717, 1.165) is 12.0 Å². The van der Waals surface area contributed by atoms with Gasteiger partial charge in [-0.15, -0.1) is 0 Å². The lowest BCUT2D eigenvalue weighted by Crippen LogP contribution is -2.51. The number of hydrogen-bond acceptors (Lipinski definition) is 6. The summed E-state index contributed by atoms with van der Waals surface area (Å²) in [6.07, 6.45) is -0.174. The van der Waals surface area contributed by atoms with Gasteiger partial charge in [0.2, 0.25) is 10.0 Å². The number of ether oxygens (including phenoxy) is 1. The summed E-state index contributed by atoms with van der Waals surface area (Å²) in [6.45, 7) is 3.93. The molecule has 0 aliphatic heterocycles. The van der Waals surface area contributed by atoms with Gasteiger partial charge in [-0.25, -0.2) is 8.42 Å². The van der Waals surface area contributed by atoms with Crippen LogP contribution in [-0.4, -0.2) is 61.2 Å². The fourth-order valence-electron chi connectivity index (χ4n) is 4.03. The second kappa shape index (κ2) is 13.4. The van der Waals surface area contributed by atoms with Crippen LogP contribution in [0, 0.1) is 5.92 Å². The van der Waals surface area contributed by atoms with E-state index in [-0.39, 0.29) is 41.6 Å². The van der Waals surface area contributed by atoms with E-state index in [0.29, 0.717) is 5.75 Å². The van der Waals surface area contributed by atoms with Gasteiger partial charge in [0.05, 0.1) is 24.2 Å². The molecular formula is C29H36N2O6S. The van der Waals surface area contributed by atoms with Crippen LogP contribution in [0.4, 0.5) is 0 Å². The van der Waals surface area contributed by atoms with E-state index in [9.17, 15) is 23.4 Å². The quantitative estimate of drug-likeness (QED) is 0.303. The van der Waals surface area contributed by atoms with Gasteiger partial charge in [0.1, 0.15) is 11.5 Å². The number of phenols is 1. The normalized spacial score (nSPS) is 14.0. The van der Waals surface area contributed by atoms with Gasteiger partial charge in [0.25, 0.3) is 5.91 Å². The number of amides is 1. The number of aromatic hydroxyl groups is 1. The van der Waals surface area contributed by atoms with Crippen LogP contribution >= 0.6 is 0 Å². The molecule has 204 valence electrons. The minimum Gasteiger partial charge on any atom is -0.508 e. The van der Waals surface area contributed by atoms with Crippen LogP contribution in [0.3, 0.4) is 0 Å². The second-order valence-corrected chi connectivity index (χ2v) is 11.3. The van der Waals surface area contributed by atoms with Gasteiger partial charge < -0.3 is 20.3 Å². The summed E-state index contributed by atoms with van der Waals surface area (Å²) < 4.78 is 33.7. The topological polar surface area (TPSA) is 116 Å². The predicted molar refractivity (Wildman–Crippen MR) is 147 cm³/mol. The van der Waals surface area contributed by atoms with Crippen molar-refractivity contribution in [2.45, 2.75) is 43.7 Å². The Morgan fingerprint density at radius 2 is 1.68 bits per heavy atom. The molecule has 0 radical (unpaired) electrons. The fraction of sp³-hybridized carbons (Fsp3) is 0.345. The van der Waals surface area contributed by atoms with Gasteiger partial charge in [-0.1, -0.05) is 56.7 Å². The molecule has 0 aromatic heterocycles. The van der Waals surface area contributed by atoms with Crippen molar-refractivity contribution in [2.24, 2.45) is 5.92 Å². The van der Waals surface area contributed by atoms with Crippen molar-refractivity contribution in [1.29, 1.82) is 0 Å². The number of aliphatic hydroxyl groups is 1. The molecule has 3 unspecified atom stereocenters. The standard InChI is InChI=1S/C29H36N2O6S/c1-4-21(2)19-31(38(35,36)26-15-13-25(37-3)14-16-26)20-28(33)27(17-22-9-6-5-7-10-22)30-29(34)23-11-8-12-24(32)18-23/h5-16,18,21,27-28,32-33H,4,17,19-20H2,1-3H3,(H,30,34). The molecule has 0 aliphatic rings. The Bertz CT molecular complexity index is 1280. The summed E-state index contributed by atoms with van der Waals surface area (Å²) >= 11 is 0. The summed E-state index contributed by atoms with van der Waals surface area (Å²) in [4.78, 5) is 13.1. The minimum absolute atomic E-state index is 0.0460. The number of phenolic OH excluding ortho intramolecular Hbond substituents is 1. The molecule has 0 fully saturated rings. The fourth-order valence-corrected chi connectivity index (χ4v) is 5.61. The van der Waals surface area contributed by atoms with Gasteiger partial charge >= 0.3 is 0 Å². The largest absolute Gasteiger partial charge is 0.508 e. The minimum atomic E-state index is -3.95. The average Bonchev–Trinajstić information content (AvgIpc) is 2.92. The smallest absolute Gasteiger partial charge is 0.251 e. The Morgan fingerprint density at radius 3 is 2.29 bits per heavy atom. The van der Waals surface area contributed by atoms with Gasteiger partial charge in [0.15, 0.2) is 0 Å². The molecule has 0 saturated heterocycles. The van der Waals surface area contributed by atoms with E-state index < -0.39 is 28.1 Å². The number of carbonyl (C=O) groups is 1.